The number of hydrogen-bond acceptors (Lipinski definition) is 4. The summed E-state index contributed by atoms with van der Waals surface area (Å²) in [4.78, 5) is 15.2. The molecule has 1 saturated heterocycles. The highest BCUT2D eigenvalue weighted by molar-refractivity contribution is 5.83. The SMILES string of the molecule is C=CN1CC[C@H]1C(=O)N(CCO)CCO. The molecule has 0 aromatic heterocycles. The fourth-order valence-corrected chi connectivity index (χ4v) is 1.68. The Morgan fingerprint density at radius 2 is 2.07 bits per heavy atom. The van der Waals surface area contributed by atoms with Gasteiger partial charge in [-0.2, -0.15) is 0 Å². The Kier molecular flexibility index (Phi) is 4.58. The van der Waals surface area contributed by atoms with E-state index in [1.807, 2.05) is 4.90 Å². The van der Waals surface area contributed by atoms with Crippen molar-refractivity contribution in [2.24, 2.45) is 0 Å². The number of hydrogen-bond donors (Lipinski definition) is 2. The van der Waals surface area contributed by atoms with E-state index in [0.717, 1.165) is 13.0 Å². The first kappa shape index (κ1) is 12.0. The van der Waals surface area contributed by atoms with Crippen LogP contribution < -0.4 is 0 Å². The van der Waals surface area contributed by atoms with Gasteiger partial charge in [-0.25, -0.2) is 0 Å². The van der Waals surface area contributed by atoms with Gasteiger partial charge >= 0.3 is 0 Å². The van der Waals surface area contributed by atoms with E-state index in [-0.39, 0.29) is 38.3 Å². The third-order valence-electron chi connectivity index (χ3n) is 2.63. The lowest BCUT2D eigenvalue weighted by molar-refractivity contribution is -0.140. The largest absolute Gasteiger partial charge is 0.395 e. The molecule has 15 heavy (non-hydrogen) atoms. The first-order chi connectivity index (χ1) is 7.24. The molecule has 1 atom stereocenters. The molecule has 1 amide bonds. The molecular weight excluding hydrogens is 196 g/mol. The highest BCUT2D eigenvalue weighted by Gasteiger charge is 2.34. The summed E-state index contributed by atoms with van der Waals surface area (Å²) in [5.41, 5.74) is 0. The fourth-order valence-electron chi connectivity index (χ4n) is 1.68. The lowest BCUT2D eigenvalue weighted by Gasteiger charge is -2.41. The predicted octanol–water partition coefficient (Wildman–Crippen LogP) is -0.983. The van der Waals surface area contributed by atoms with Gasteiger partial charge in [-0.15, -0.1) is 0 Å². The lowest BCUT2D eigenvalue weighted by Crippen LogP contribution is -2.55. The molecule has 0 saturated carbocycles. The molecule has 86 valence electrons. The zero-order chi connectivity index (χ0) is 11.3. The number of amides is 1. The van der Waals surface area contributed by atoms with Gasteiger partial charge in [0.2, 0.25) is 5.91 Å². The Hall–Kier alpha value is -1.07. The van der Waals surface area contributed by atoms with Crippen LogP contribution in [0.1, 0.15) is 6.42 Å². The summed E-state index contributed by atoms with van der Waals surface area (Å²) in [6, 6.07) is -0.152. The van der Waals surface area contributed by atoms with E-state index in [1.165, 1.54) is 4.90 Å². The number of aliphatic hydroxyl groups excluding tert-OH is 2. The second-order valence-corrected chi connectivity index (χ2v) is 3.50. The number of carbonyl (C=O) groups excluding carboxylic acids is 1. The molecule has 0 aromatic carbocycles. The van der Waals surface area contributed by atoms with Crippen molar-refractivity contribution in [3.63, 3.8) is 0 Å². The molecule has 1 rings (SSSR count). The fraction of sp³-hybridized carbons (Fsp3) is 0.700. The average Bonchev–Trinajstić information content (AvgIpc) is 2.16. The monoisotopic (exact) mass is 214 g/mol. The Balaban J connectivity index is 2.51. The van der Waals surface area contributed by atoms with E-state index in [1.54, 1.807) is 6.20 Å². The van der Waals surface area contributed by atoms with Crippen LogP contribution in [0.15, 0.2) is 12.8 Å². The zero-order valence-electron chi connectivity index (χ0n) is 8.80. The normalized spacial score (nSPS) is 19.6. The lowest BCUT2D eigenvalue weighted by atomic mass is 10.0. The molecule has 1 heterocycles. The number of nitrogens with zero attached hydrogens (tertiary/aromatic N) is 2. The Morgan fingerprint density at radius 3 is 2.40 bits per heavy atom. The van der Waals surface area contributed by atoms with Crippen LogP contribution in [0.2, 0.25) is 0 Å². The van der Waals surface area contributed by atoms with Gasteiger partial charge < -0.3 is 20.0 Å². The maximum Gasteiger partial charge on any atom is 0.245 e. The van der Waals surface area contributed by atoms with Crippen LogP contribution in [-0.2, 0) is 4.79 Å². The summed E-state index contributed by atoms with van der Waals surface area (Å²) in [5, 5.41) is 17.6. The molecule has 0 spiro atoms. The van der Waals surface area contributed by atoms with Crippen LogP contribution in [0.5, 0.6) is 0 Å². The van der Waals surface area contributed by atoms with Crippen molar-refractivity contribution >= 4 is 5.91 Å². The van der Waals surface area contributed by atoms with Crippen LogP contribution in [0.3, 0.4) is 0 Å². The standard InChI is InChI=1S/C10H18N2O3/c1-2-11-4-3-9(11)10(15)12(5-7-13)6-8-14/h2,9,13-14H,1,3-8H2/t9-/m0/s1. The summed E-state index contributed by atoms with van der Waals surface area (Å²) in [5.74, 6) is -0.0377. The maximum absolute atomic E-state index is 11.9. The molecule has 0 bridgehead atoms. The van der Waals surface area contributed by atoms with Crippen LogP contribution in [0.25, 0.3) is 0 Å². The highest BCUT2D eigenvalue weighted by Crippen LogP contribution is 2.19. The molecule has 2 N–H and O–H groups in total. The summed E-state index contributed by atoms with van der Waals surface area (Å²) in [6.45, 7) is 4.88. The van der Waals surface area contributed by atoms with Crippen LogP contribution in [0.4, 0.5) is 0 Å². The predicted molar refractivity (Wildman–Crippen MR) is 56.1 cm³/mol. The molecule has 5 heteroatoms. The summed E-state index contributed by atoms with van der Waals surface area (Å²) >= 11 is 0. The minimum atomic E-state index is -0.152. The summed E-state index contributed by atoms with van der Waals surface area (Å²) in [7, 11) is 0. The quantitative estimate of drug-likeness (QED) is 0.596. The van der Waals surface area contributed by atoms with Crippen LogP contribution in [0, 0.1) is 0 Å². The molecule has 1 aliphatic rings. The molecule has 0 unspecified atom stereocenters. The zero-order valence-corrected chi connectivity index (χ0v) is 8.80. The first-order valence-corrected chi connectivity index (χ1v) is 5.13. The number of likely N-dealkylation sites (tertiary alicyclic amines) is 1. The highest BCUT2D eigenvalue weighted by atomic mass is 16.3. The van der Waals surface area contributed by atoms with Crippen molar-refractivity contribution in [1.29, 1.82) is 0 Å². The topological polar surface area (TPSA) is 64.0 Å². The van der Waals surface area contributed by atoms with Gasteiger partial charge in [0.15, 0.2) is 0 Å². The van der Waals surface area contributed by atoms with E-state index in [0.29, 0.717) is 0 Å². The van der Waals surface area contributed by atoms with Gasteiger partial charge in [0.05, 0.1) is 13.2 Å². The molecule has 5 nitrogen and oxygen atoms in total. The minimum Gasteiger partial charge on any atom is -0.395 e. The Morgan fingerprint density at radius 1 is 1.47 bits per heavy atom. The number of carbonyl (C=O) groups is 1. The van der Waals surface area contributed by atoms with Crippen molar-refractivity contribution in [2.45, 2.75) is 12.5 Å². The van der Waals surface area contributed by atoms with Gasteiger partial charge in [-0.1, -0.05) is 6.58 Å². The molecule has 0 aromatic rings. The third kappa shape index (κ3) is 2.70. The second kappa shape index (κ2) is 5.72. The van der Waals surface area contributed by atoms with E-state index in [9.17, 15) is 4.79 Å². The number of rotatable bonds is 6. The van der Waals surface area contributed by atoms with Crippen molar-refractivity contribution in [3.8, 4) is 0 Å². The van der Waals surface area contributed by atoms with Crippen molar-refractivity contribution in [3.05, 3.63) is 12.8 Å². The number of aliphatic hydroxyl groups is 2. The van der Waals surface area contributed by atoms with Crippen molar-refractivity contribution in [2.75, 3.05) is 32.8 Å². The Labute approximate surface area is 89.6 Å². The molecule has 0 aliphatic carbocycles. The van der Waals surface area contributed by atoms with Crippen LogP contribution >= 0.6 is 0 Å². The third-order valence-corrected chi connectivity index (χ3v) is 2.63. The smallest absolute Gasteiger partial charge is 0.245 e. The summed E-state index contributed by atoms with van der Waals surface area (Å²) in [6.07, 6.45) is 2.47. The first-order valence-electron chi connectivity index (χ1n) is 5.13. The maximum atomic E-state index is 11.9. The molecule has 1 aliphatic heterocycles. The van der Waals surface area contributed by atoms with E-state index in [2.05, 4.69) is 6.58 Å². The van der Waals surface area contributed by atoms with Gasteiger partial charge in [0, 0.05) is 19.6 Å². The van der Waals surface area contributed by atoms with Crippen molar-refractivity contribution in [1.82, 2.24) is 9.80 Å². The molecular formula is C10H18N2O3. The van der Waals surface area contributed by atoms with E-state index < -0.39 is 0 Å². The molecule has 1 fully saturated rings. The average molecular weight is 214 g/mol. The minimum absolute atomic E-state index is 0.0377. The van der Waals surface area contributed by atoms with Gasteiger partial charge in [0.25, 0.3) is 0 Å². The van der Waals surface area contributed by atoms with E-state index >= 15 is 0 Å². The summed E-state index contributed by atoms with van der Waals surface area (Å²) < 4.78 is 0. The van der Waals surface area contributed by atoms with E-state index in [4.69, 9.17) is 10.2 Å². The van der Waals surface area contributed by atoms with Gasteiger partial charge in [0.1, 0.15) is 6.04 Å². The van der Waals surface area contributed by atoms with Gasteiger partial charge in [-0.3, -0.25) is 4.79 Å². The van der Waals surface area contributed by atoms with Crippen molar-refractivity contribution < 1.29 is 15.0 Å². The van der Waals surface area contributed by atoms with Crippen LogP contribution in [-0.4, -0.2) is 64.8 Å². The molecule has 0 radical (unpaired) electrons. The Bertz CT molecular complexity index is 227. The second-order valence-electron chi connectivity index (χ2n) is 3.50. The van der Waals surface area contributed by atoms with Gasteiger partial charge in [-0.05, 0) is 12.6 Å².